The zero-order valence-electron chi connectivity index (χ0n) is 9.71. The van der Waals surface area contributed by atoms with Gasteiger partial charge in [-0.05, 0) is 11.1 Å². The molecule has 18 heavy (non-hydrogen) atoms. The second kappa shape index (κ2) is 4.37. The van der Waals surface area contributed by atoms with Gasteiger partial charge in [-0.15, -0.1) is 0 Å². The molecule has 0 unspecified atom stereocenters. The third-order valence-corrected chi connectivity index (χ3v) is 2.81. The largest absolute Gasteiger partial charge is 0.381 e. The van der Waals surface area contributed by atoms with E-state index in [0.717, 1.165) is 16.7 Å². The molecule has 0 saturated carbocycles. The number of nitrogens with two attached hydrogens (primary N) is 1. The number of aromatic nitrogens is 1. The van der Waals surface area contributed by atoms with Crippen molar-refractivity contribution in [1.29, 1.82) is 0 Å². The fraction of sp³-hybridized carbons (Fsp3) is 0. The highest BCUT2D eigenvalue weighted by molar-refractivity contribution is 5.81. The van der Waals surface area contributed by atoms with Crippen LogP contribution in [0.1, 0.15) is 0 Å². The highest BCUT2D eigenvalue weighted by Gasteiger charge is 2.10. The molecule has 0 atom stereocenters. The van der Waals surface area contributed by atoms with Gasteiger partial charge >= 0.3 is 0 Å². The summed E-state index contributed by atoms with van der Waals surface area (Å²) >= 11 is 0. The molecule has 0 spiro atoms. The van der Waals surface area contributed by atoms with Gasteiger partial charge in [-0.25, -0.2) is 0 Å². The fourth-order valence-electron chi connectivity index (χ4n) is 1.98. The molecule has 88 valence electrons. The summed E-state index contributed by atoms with van der Waals surface area (Å²) in [5.74, 6) is 1.08. The predicted molar refractivity (Wildman–Crippen MR) is 71.8 cm³/mol. The second-order valence-corrected chi connectivity index (χ2v) is 4.03. The van der Waals surface area contributed by atoms with Crippen LogP contribution in [0.4, 0.5) is 5.82 Å². The van der Waals surface area contributed by atoms with Crippen LogP contribution < -0.4 is 5.73 Å². The van der Waals surface area contributed by atoms with Crippen LogP contribution in [0.15, 0.2) is 65.2 Å². The van der Waals surface area contributed by atoms with Gasteiger partial charge in [0.1, 0.15) is 0 Å². The van der Waals surface area contributed by atoms with E-state index in [2.05, 4.69) is 23.4 Å². The zero-order valence-corrected chi connectivity index (χ0v) is 9.71. The molecule has 3 aromatic rings. The minimum absolute atomic E-state index is 0.396. The monoisotopic (exact) mass is 236 g/mol. The van der Waals surface area contributed by atoms with Crippen LogP contribution >= 0.6 is 0 Å². The predicted octanol–water partition coefficient (Wildman–Crippen LogP) is 3.59. The average molecular weight is 236 g/mol. The van der Waals surface area contributed by atoms with Crippen molar-refractivity contribution in [3.63, 3.8) is 0 Å². The lowest BCUT2D eigenvalue weighted by molar-refractivity contribution is 0.436. The minimum atomic E-state index is 0.396. The van der Waals surface area contributed by atoms with Crippen LogP contribution in [0, 0.1) is 0 Å². The molecule has 0 saturated heterocycles. The summed E-state index contributed by atoms with van der Waals surface area (Å²) in [7, 11) is 0. The van der Waals surface area contributed by atoms with Gasteiger partial charge in [0.15, 0.2) is 11.6 Å². The molecule has 3 rings (SSSR count). The van der Waals surface area contributed by atoms with E-state index in [9.17, 15) is 0 Å². The molecule has 0 aliphatic heterocycles. The average Bonchev–Trinajstić information content (AvgIpc) is 2.86. The van der Waals surface area contributed by atoms with Crippen molar-refractivity contribution < 1.29 is 4.52 Å². The third kappa shape index (κ3) is 1.86. The maximum atomic E-state index is 5.60. The van der Waals surface area contributed by atoms with E-state index >= 15 is 0 Å². The first-order chi connectivity index (χ1) is 8.84. The molecular formula is C15H12N2O. The Labute approximate surface area is 105 Å². The quantitative estimate of drug-likeness (QED) is 0.739. The molecule has 2 N–H and O–H groups in total. The van der Waals surface area contributed by atoms with Gasteiger partial charge in [-0.2, -0.15) is 0 Å². The van der Waals surface area contributed by atoms with E-state index in [-0.39, 0.29) is 0 Å². The van der Waals surface area contributed by atoms with Crippen molar-refractivity contribution in [2.75, 3.05) is 5.73 Å². The number of hydrogen-bond acceptors (Lipinski definition) is 3. The summed E-state index contributed by atoms with van der Waals surface area (Å²) in [5.41, 5.74) is 8.84. The van der Waals surface area contributed by atoms with Crippen LogP contribution in [0.3, 0.4) is 0 Å². The first-order valence-electron chi connectivity index (χ1n) is 5.71. The van der Waals surface area contributed by atoms with Gasteiger partial charge in [0.05, 0.1) is 0 Å². The van der Waals surface area contributed by atoms with Crippen LogP contribution in [-0.4, -0.2) is 5.16 Å². The number of nitrogens with zero attached hydrogens (tertiary/aromatic N) is 1. The maximum absolute atomic E-state index is 5.60. The Balaban J connectivity index is 2.17. The minimum Gasteiger partial charge on any atom is -0.381 e. The van der Waals surface area contributed by atoms with E-state index in [1.807, 2.05) is 36.4 Å². The topological polar surface area (TPSA) is 52.0 Å². The smallest absolute Gasteiger partial charge is 0.169 e. The molecule has 1 aromatic heterocycles. The molecule has 3 nitrogen and oxygen atoms in total. The normalized spacial score (nSPS) is 10.4. The summed E-state index contributed by atoms with van der Waals surface area (Å²) < 4.78 is 5.24. The van der Waals surface area contributed by atoms with Crippen molar-refractivity contribution in [3.05, 3.63) is 60.7 Å². The van der Waals surface area contributed by atoms with E-state index < -0.39 is 0 Å². The number of benzene rings is 2. The highest BCUT2D eigenvalue weighted by atomic mass is 16.5. The van der Waals surface area contributed by atoms with Gasteiger partial charge in [0.25, 0.3) is 0 Å². The zero-order chi connectivity index (χ0) is 12.4. The van der Waals surface area contributed by atoms with Crippen molar-refractivity contribution in [3.8, 4) is 22.5 Å². The summed E-state index contributed by atoms with van der Waals surface area (Å²) in [5, 5.41) is 3.73. The van der Waals surface area contributed by atoms with Crippen LogP contribution in [0.2, 0.25) is 0 Å². The first-order valence-corrected chi connectivity index (χ1v) is 5.71. The Morgan fingerprint density at radius 2 is 1.50 bits per heavy atom. The molecule has 0 amide bonds. The molecule has 0 radical (unpaired) electrons. The molecule has 2 aromatic carbocycles. The van der Waals surface area contributed by atoms with Gasteiger partial charge in [-0.1, -0.05) is 59.8 Å². The number of hydrogen-bond donors (Lipinski definition) is 1. The van der Waals surface area contributed by atoms with E-state index in [1.165, 1.54) is 0 Å². The second-order valence-electron chi connectivity index (χ2n) is 4.03. The van der Waals surface area contributed by atoms with Crippen LogP contribution in [-0.2, 0) is 0 Å². The Hall–Kier alpha value is -2.55. The number of nitrogen functional groups attached to an aromatic ring is 1. The summed E-state index contributed by atoms with van der Waals surface area (Å²) in [6.45, 7) is 0. The van der Waals surface area contributed by atoms with Gasteiger partial charge in [-0.3, -0.25) is 0 Å². The van der Waals surface area contributed by atoms with Crippen molar-refractivity contribution in [1.82, 2.24) is 5.16 Å². The Bertz CT molecular complexity index is 659. The molecule has 0 aliphatic carbocycles. The standard InChI is InChI=1S/C15H12N2O/c16-15-10-14(18-17-15)13-9-5-4-8-12(13)11-6-2-1-3-7-11/h1-10H,(H2,16,17). The third-order valence-electron chi connectivity index (χ3n) is 2.81. The van der Waals surface area contributed by atoms with Crippen molar-refractivity contribution in [2.24, 2.45) is 0 Å². The Kier molecular flexibility index (Phi) is 2.57. The molecule has 0 bridgehead atoms. The molecule has 1 heterocycles. The summed E-state index contributed by atoms with van der Waals surface area (Å²) in [6.07, 6.45) is 0. The Morgan fingerprint density at radius 3 is 2.17 bits per heavy atom. The van der Waals surface area contributed by atoms with Crippen molar-refractivity contribution in [2.45, 2.75) is 0 Å². The SMILES string of the molecule is Nc1cc(-c2ccccc2-c2ccccc2)on1. The molecule has 0 fully saturated rings. The lowest BCUT2D eigenvalue weighted by Crippen LogP contribution is -1.83. The van der Waals surface area contributed by atoms with E-state index in [1.54, 1.807) is 6.07 Å². The van der Waals surface area contributed by atoms with E-state index in [4.69, 9.17) is 10.3 Å². The maximum Gasteiger partial charge on any atom is 0.169 e. The fourth-order valence-corrected chi connectivity index (χ4v) is 1.98. The number of rotatable bonds is 2. The molecular weight excluding hydrogens is 224 g/mol. The first kappa shape index (κ1) is 10.6. The molecule has 0 aliphatic rings. The van der Waals surface area contributed by atoms with Gasteiger partial charge in [0, 0.05) is 11.6 Å². The van der Waals surface area contributed by atoms with Gasteiger partial charge < -0.3 is 10.3 Å². The van der Waals surface area contributed by atoms with E-state index in [0.29, 0.717) is 11.6 Å². The summed E-state index contributed by atoms with van der Waals surface area (Å²) in [4.78, 5) is 0. The highest BCUT2D eigenvalue weighted by Crippen LogP contribution is 2.32. The molecule has 3 heteroatoms. The van der Waals surface area contributed by atoms with Crippen LogP contribution in [0.5, 0.6) is 0 Å². The lowest BCUT2D eigenvalue weighted by Gasteiger charge is -2.06. The van der Waals surface area contributed by atoms with Crippen LogP contribution in [0.25, 0.3) is 22.5 Å². The van der Waals surface area contributed by atoms with Gasteiger partial charge in [0.2, 0.25) is 0 Å². The van der Waals surface area contributed by atoms with Crippen molar-refractivity contribution >= 4 is 5.82 Å². The lowest BCUT2D eigenvalue weighted by atomic mass is 9.98. The Morgan fingerprint density at radius 1 is 0.833 bits per heavy atom. The number of anilines is 1. The summed E-state index contributed by atoms with van der Waals surface area (Å²) in [6, 6.07) is 19.9.